The molecule has 2 N–H and O–H groups in total. The summed E-state index contributed by atoms with van der Waals surface area (Å²) in [4.78, 5) is 36.4. The van der Waals surface area contributed by atoms with Gasteiger partial charge in [0.05, 0.1) is 12.0 Å². The lowest BCUT2D eigenvalue weighted by Gasteiger charge is -2.40. The van der Waals surface area contributed by atoms with Gasteiger partial charge in [0.2, 0.25) is 11.8 Å². The molecule has 0 unspecified atom stereocenters. The van der Waals surface area contributed by atoms with Crippen molar-refractivity contribution in [3.63, 3.8) is 0 Å². The Morgan fingerprint density at radius 1 is 1.04 bits per heavy atom. The summed E-state index contributed by atoms with van der Waals surface area (Å²) in [6.45, 7) is 5.29. The highest BCUT2D eigenvalue weighted by Gasteiger charge is 2.43. The van der Waals surface area contributed by atoms with Crippen LogP contribution in [0.2, 0.25) is 0 Å². The lowest BCUT2D eigenvalue weighted by molar-refractivity contribution is -0.136. The average molecular weight is 360 g/mol. The van der Waals surface area contributed by atoms with Crippen molar-refractivity contribution < 1.29 is 19.1 Å². The van der Waals surface area contributed by atoms with Crippen molar-refractivity contribution in [2.75, 3.05) is 19.7 Å². The van der Waals surface area contributed by atoms with Gasteiger partial charge in [-0.2, -0.15) is 0 Å². The SMILES string of the molecule is CCNC(=O)C1(CNC(=O)CCC(=O)c2ccc(OCC)cc2)CCC1. The van der Waals surface area contributed by atoms with Gasteiger partial charge in [0.15, 0.2) is 5.78 Å². The molecule has 0 bridgehead atoms. The minimum Gasteiger partial charge on any atom is -0.494 e. The van der Waals surface area contributed by atoms with E-state index < -0.39 is 5.41 Å². The minimum absolute atomic E-state index is 0.0111. The summed E-state index contributed by atoms with van der Waals surface area (Å²) in [5.41, 5.74) is 0.101. The second-order valence-electron chi connectivity index (χ2n) is 6.65. The van der Waals surface area contributed by atoms with Gasteiger partial charge < -0.3 is 15.4 Å². The van der Waals surface area contributed by atoms with Crippen molar-refractivity contribution in [2.45, 2.75) is 46.0 Å². The summed E-state index contributed by atoms with van der Waals surface area (Å²) in [7, 11) is 0. The molecule has 1 fully saturated rings. The molecule has 26 heavy (non-hydrogen) atoms. The first-order chi connectivity index (χ1) is 12.5. The third-order valence-electron chi connectivity index (χ3n) is 4.82. The molecule has 0 heterocycles. The number of ether oxygens (including phenoxy) is 1. The Balaban J connectivity index is 1.77. The summed E-state index contributed by atoms with van der Waals surface area (Å²) < 4.78 is 5.35. The molecule has 1 saturated carbocycles. The van der Waals surface area contributed by atoms with Crippen LogP contribution in [0.15, 0.2) is 24.3 Å². The van der Waals surface area contributed by atoms with Crippen molar-refractivity contribution in [1.82, 2.24) is 10.6 Å². The fraction of sp³-hybridized carbons (Fsp3) is 0.550. The Morgan fingerprint density at radius 2 is 1.73 bits per heavy atom. The highest BCUT2D eigenvalue weighted by molar-refractivity contribution is 5.98. The monoisotopic (exact) mass is 360 g/mol. The quantitative estimate of drug-likeness (QED) is 0.628. The van der Waals surface area contributed by atoms with E-state index in [9.17, 15) is 14.4 Å². The lowest BCUT2D eigenvalue weighted by Crippen LogP contribution is -2.52. The molecule has 1 aromatic rings. The van der Waals surface area contributed by atoms with Gasteiger partial charge in [-0.1, -0.05) is 6.42 Å². The molecule has 0 aromatic heterocycles. The predicted octanol–water partition coefficient (Wildman–Crippen LogP) is 2.47. The van der Waals surface area contributed by atoms with E-state index in [1.807, 2.05) is 13.8 Å². The van der Waals surface area contributed by atoms with Crippen LogP contribution in [-0.2, 0) is 9.59 Å². The fourth-order valence-corrected chi connectivity index (χ4v) is 3.07. The van der Waals surface area contributed by atoms with Crippen LogP contribution in [0.5, 0.6) is 5.75 Å². The number of nitrogens with one attached hydrogen (secondary N) is 2. The first-order valence-corrected chi connectivity index (χ1v) is 9.32. The number of amides is 2. The zero-order valence-electron chi connectivity index (χ0n) is 15.6. The Bertz CT molecular complexity index is 636. The van der Waals surface area contributed by atoms with E-state index in [-0.39, 0.29) is 30.4 Å². The highest BCUT2D eigenvalue weighted by atomic mass is 16.5. The van der Waals surface area contributed by atoms with Crippen LogP contribution < -0.4 is 15.4 Å². The fourth-order valence-electron chi connectivity index (χ4n) is 3.07. The molecule has 1 aliphatic rings. The standard InChI is InChI=1S/C20H28N2O4/c1-3-21-19(25)20(12-5-13-20)14-22-18(24)11-10-17(23)15-6-8-16(9-7-15)26-4-2/h6-9H,3-5,10-14H2,1-2H3,(H,21,25)(H,22,24). The largest absolute Gasteiger partial charge is 0.494 e. The maximum Gasteiger partial charge on any atom is 0.227 e. The molecule has 142 valence electrons. The van der Waals surface area contributed by atoms with Crippen LogP contribution in [0.25, 0.3) is 0 Å². The van der Waals surface area contributed by atoms with E-state index in [0.29, 0.717) is 25.3 Å². The molecule has 0 spiro atoms. The van der Waals surface area contributed by atoms with Crippen LogP contribution in [-0.4, -0.2) is 37.3 Å². The summed E-state index contributed by atoms with van der Waals surface area (Å²) in [5.74, 6) is 0.458. The first kappa shape index (κ1) is 19.9. The van der Waals surface area contributed by atoms with E-state index in [2.05, 4.69) is 10.6 Å². The summed E-state index contributed by atoms with van der Waals surface area (Å²) in [5, 5.41) is 5.67. The van der Waals surface area contributed by atoms with Crippen LogP contribution in [0.3, 0.4) is 0 Å². The maximum absolute atomic E-state index is 12.2. The number of carbonyl (C=O) groups excluding carboxylic acids is 3. The number of benzene rings is 1. The van der Waals surface area contributed by atoms with Crippen LogP contribution in [0, 0.1) is 5.41 Å². The number of rotatable bonds is 10. The van der Waals surface area contributed by atoms with E-state index in [0.717, 1.165) is 25.0 Å². The number of Topliss-reactive ketones (excluding diaryl/α,β-unsaturated/α-hetero) is 1. The van der Waals surface area contributed by atoms with Gasteiger partial charge in [0.25, 0.3) is 0 Å². The molecule has 1 aromatic carbocycles. The predicted molar refractivity (Wildman–Crippen MR) is 99.2 cm³/mol. The molecule has 0 radical (unpaired) electrons. The van der Waals surface area contributed by atoms with Gasteiger partial charge in [0.1, 0.15) is 5.75 Å². The van der Waals surface area contributed by atoms with Crippen LogP contribution in [0.4, 0.5) is 0 Å². The first-order valence-electron chi connectivity index (χ1n) is 9.32. The number of hydrogen-bond acceptors (Lipinski definition) is 4. The molecule has 1 aliphatic carbocycles. The van der Waals surface area contributed by atoms with Crippen molar-refractivity contribution in [3.05, 3.63) is 29.8 Å². The Kier molecular flexibility index (Phi) is 7.18. The zero-order valence-corrected chi connectivity index (χ0v) is 15.6. The van der Waals surface area contributed by atoms with Gasteiger partial charge in [-0.05, 0) is 51.0 Å². The zero-order chi connectivity index (χ0) is 19.0. The van der Waals surface area contributed by atoms with Crippen LogP contribution >= 0.6 is 0 Å². The summed E-state index contributed by atoms with van der Waals surface area (Å²) in [6, 6.07) is 6.93. The average Bonchev–Trinajstić information content (AvgIpc) is 2.60. The van der Waals surface area contributed by atoms with Crippen molar-refractivity contribution in [3.8, 4) is 5.75 Å². The van der Waals surface area contributed by atoms with Gasteiger partial charge >= 0.3 is 0 Å². The Hall–Kier alpha value is -2.37. The number of carbonyl (C=O) groups is 3. The van der Waals surface area contributed by atoms with Gasteiger partial charge in [-0.3, -0.25) is 14.4 Å². The van der Waals surface area contributed by atoms with E-state index in [1.54, 1.807) is 24.3 Å². The third kappa shape index (κ3) is 5.07. The van der Waals surface area contributed by atoms with Crippen molar-refractivity contribution in [2.24, 2.45) is 5.41 Å². The number of ketones is 1. The Labute approximate surface area is 154 Å². The summed E-state index contributed by atoms with van der Waals surface area (Å²) >= 11 is 0. The molecule has 0 aliphatic heterocycles. The highest BCUT2D eigenvalue weighted by Crippen LogP contribution is 2.40. The van der Waals surface area contributed by atoms with Crippen LogP contribution in [0.1, 0.15) is 56.3 Å². The van der Waals surface area contributed by atoms with Crippen molar-refractivity contribution >= 4 is 17.6 Å². The normalized spacial score (nSPS) is 14.8. The molecule has 0 saturated heterocycles. The Morgan fingerprint density at radius 3 is 2.27 bits per heavy atom. The molecule has 2 amide bonds. The third-order valence-corrected chi connectivity index (χ3v) is 4.82. The lowest BCUT2D eigenvalue weighted by atomic mass is 9.68. The van der Waals surface area contributed by atoms with Gasteiger partial charge in [-0.15, -0.1) is 0 Å². The molecular weight excluding hydrogens is 332 g/mol. The molecular formula is C20H28N2O4. The molecule has 0 atom stereocenters. The van der Waals surface area contributed by atoms with E-state index >= 15 is 0 Å². The maximum atomic E-state index is 12.2. The summed E-state index contributed by atoms with van der Waals surface area (Å²) in [6.07, 6.45) is 2.86. The topological polar surface area (TPSA) is 84.5 Å². The minimum atomic E-state index is -0.467. The second kappa shape index (κ2) is 9.36. The van der Waals surface area contributed by atoms with E-state index in [1.165, 1.54) is 0 Å². The smallest absolute Gasteiger partial charge is 0.227 e. The van der Waals surface area contributed by atoms with Crippen molar-refractivity contribution in [1.29, 1.82) is 0 Å². The van der Waals surface area contributed by atoms with Gasteiger partial charge in [-0.25, -0.2) is 0 Å². The molecule has 6 nitrogen and oxygen atoms in total. The molecule has 6 heteroatoms. The van der Waals surface area contributed by atoms with Gasteiger partial charge in [0, 0.05) is 31.5 Å². The number of hydrogen-bond donors (Lipinski definition) is 2. The molecule has 2 rings (SSSR count). The van der Waals surface area contributed by atoms with E-state index in [4.69, 9.17) is 4.74 Å². The second-order valence-corrected chi connectivity index (χ2v) is 6.65.